The van der Waals surface area contributed by atoms with Crippen molar-refractivity contribution in [3.05, 3.63) is 59.4 Å². The number of rotatable bonds is 7. The summed E-state index contributed by atoms with van der Waals surface area (Å²) in [6.45, 7) is 3.05. The molecule has 1 N–H and O–H groups in total. The Labute approximate surface area is 173 Å². The zero-order chi connectivity index (χ0) is 21.6. The maximum Gasteiger partial charge on any atom is 0.340 e. The van der Waals surface area contributed by atoms with Crippen LogP contribution in [0.1, 0.15) is 22.8 Å². The molecule has 8 heteroatoms. The smallest absolute Gasteiger partial charge is 0.340 e. The van der Waals surface area contributed by atoms with Crippen molar-refractivity contribution in [1.29, 1.82) is 0 Å². The lowest BCUT2D eigenvalue weighted by atomic mass is 10.2. The average Bonchev–Trinajstić information content (AvgIpc) is 2.68. The third-order valence-electron chi connectivity index (χ3n) is 4.05. The van der Waals surface area contributed by atoms with Gasteiger partial charge in [0.25, 0.3) is 5.91 Å². The van der Waals surface area contributed by atoms with Gasteiger partial charge in [-0.25, -0.2) is 9.18 Å². The number of hydrogen-bond acceptors (Lipinski definition) is 5. The summed E-state index contributed by atoms with van der Waals surface area (Å²) in [6, 6.07) is 11.0. The third kappa shape index (κ3) is 6.32. The second kappa shape index (κ2) is 10.1. The highest BCUT2D eigenvalue weighted by molar-refractivity contribution is 8.00. The van der Waals surface area contributed by atoms with Gasteiger partial charge in [0.15, 0.2) is 6.10 Å². The van der Waals surface area contributed by atoms with E-state index in [1.54, 1.807) is 57.4 Å². The van der Waals surface area contributed by atoms with Gasteiger partial charge >= 0.3 is 5.97 Å². The van der Waals surface area contributed by atoms with Gasteiger partial charge < -0.3 is 15.0 Å². The van der Waals surface area contributed by atoms with Gasteiger partial charge in [0.05, 0.1) is 11.3 Å². The quantitative estimate of drug-likeness (QED) is 0.550. The summed E-state index contributed by atoms with van der Waals surface area (Å²) in [6.07, 6.45) is -1.09. The van der Waals surface area contributed by atoms with Crippen molar-refractivity contribution < 1.29 is 23.5 Å². The fraction of sp³-hybridized carbons (Fsp3) is 0.286. The van der Waals surface area contributed by atoms with Crippen molar-refractivity contribution in [2.75, 3.05) is 25.2 Å². The summed E-state index contributed by atoms with van der Waals surface area (Å²) in [5.41, 5.74) is 1.01. The average molecular weight is 418 g/mol. The van der Waals surface area contributed by atoms with Gasteiger partial charge in [0.2, 0.25) is 5.91 Å². The van der Waals surface area contributed by atoms with Crippen molar-refractivity contribution in [3.8, 4) is 0 Å². The minimum atomic E-state index is -1.09. The van der Waals surface area contributed by atoms with Crippen LogP contribution in [0.3, 0.4) is 0 Å². The van der Waals surface area contributed by atoms with Gasteiger partial charge in [0, 0.05) is 24.7 Å². The zero-order valence-electron chi connectivity index (χ0n) is 16.7. The van der Waals surface area contributed by atoms with Crippen LogP contribution in [0, 0.1) is 12.7 Å². The molecule has 2 rings (SSSR count). The Morgan fingerprint density at radius 1 is 1.17 bits per heavy atom. The van der Waals surface area contributed by atoms with E-state index in [1.165, 1.54) is 29.7 Å². The van der Waals surface area contributed by atoms with Crippen molar-refractivity contribution in [2.24, 2.45) is 0 Å². The molecular formula is C21H23FN2O4S. The van der Waals surface area contributed by atoms with Gasteiger partial charge in [-0.2, -0.15) is 0 Å². The SMILES string of the molecule is Cc1ccc(NC(=O)[C@@H](C)OC(=O)c2ccccc2SCC(=O)N(C)C)cc1F. The second-order valence-electron chi connectivity index (χ2n) is 6.57. The highest BCUT2D eigenvalue weighted by Gasteiger charge is 2.21. The fourth-order valence-electron chi connectivity index (χ4n) is 2.22. The molecule has 0 aliphatic rings. The number of esters is 1. The summed E-state index contributed by atoms with van der Waals surface area (Å²) >= 11 is 1.22. The number of amides is 2. The molecule has 0 saturated carbocycles. The molecule has 0 unspecified atom stereocenters. The molecule has 0 heterocycles. The number of thioether (sulfide) groups is 1. The van der Waals surface area contributed by atoms with E-state index in [0.717, 1.165) is 0 Å². The van der Waals surface area contributed by atoms with Gasteiger partial charge in [0.1, 0.15) is 5.82 Å². The molecule has 154 valence electrons. The molecule has 0 bridgehead atoms. The summed E-state index contributed by atoms with van der Waals surface area (Å²) in [5, 5.41) is 2.52. The number of halogens is 1. The first-order valence-electron chi connectivity index (χ1n) is 8.89. The van der Waals surface area contributed by atoms with Crippen LogP contribution >= 0.6 is 11.8 Å². The molecule has 0 aliphatic heterocycles. The van der Waals surface area contributed by atoms with Crippen molar-refractivity contribution in [3.63, 3.8) is 0 Å². The lowest BCUT2D eigenvalue weighted by Gasteiger charge is -2.15. The van der Waals surface area contributed by atoms with Crippen LogP contribution in [0.15, 0.2) is 47.4 Å². The van der Waals surface area contributed by atoms with Crippen LogP contribution in [-0.2, 0) is 14.3 Å². The van der Waals surface area contributed by atoms with E-state index < -0.39 is 23.8 Å². The molecule has 2 aromatic carbocycles. The predicted octanol–water partition coefficient (Wildman–Crippen LogP) is 3.50. The summed E-state index contributed by atoms with van der Waals surface area (Å²) < 4.78 is 18.9. The first kappa shape index (κ1) is 22.4. The van der Waals surface area contributed by atoms with Crippen molar-refractivity contribution in [2.45, 2.75) is 24.8 Å². The maximum absolute atomic E-state index is 13.6. The van der Waals surface area contributed by atoms with Crippen molar-refractivity contribution in [1.82, 2.24) is 4.90 Å². The van der Waals surface area contributed by atoms with E-state index in [1.807, 2.05) is 0 Å². The Morgan fingerprint density at radius 2 is 1.86 bits per heavy atom. The van der Waals surface area contributed by atoms with E-state index in [-0.39, 0.29) is 22.9 Å². The molecule has 6 nitrogen and oxygen atoms in total. The predicted molar refractivity (Wildman–Crippen MR) is 111 cm³/mol. The summed E-state index contributed by atoms with van der Waals surface area (Å²) in [7, 11) is 3.31. The van der Waals surface area contributed by atoms with Gasteiger partial charge in [-0.1, -0.05) is 18.2 Å². The molecule has 0 saturated heterocycles. The van der Waals surface area contributed by atoms with Crippen LogP contribution in [0.5, 0.6) is 0 Å². The molecule has 0 aliphatic carbocycles. The Kier molecular flexibility index (Phi) is 7.78. The first-order valence-corrected chi connectivity index (χ1v) is 9.87. The number of nitrogens with one attached hydrogen (secondary N) is 1. The molecule has 2 aromatic rings. The van der Waals surface area contributed by atoms with E-state index in [9.17, 15) is 18.8 Å². The normalized spacial score (nSPS) is 11.5. The van der Waals surface area contributed by atoms with Crippen LogP contribution in [-0.4, -0.2) is 48.6 Å². The number of aryl methyl sites for hydroxylation is 1. The lowest BCUT2D eigenvalue weighted by molar-refractivity contribution is -0.126. The lowest BCUT2D eigenvalue weighted by Crippen LogP contribution is -2.30. The molecule has 1 atom stereocenters. The molecule has 29 heavy (non-hydrogen) atoms. The Hall–Kier alpha value is -2.87. The summed E-state index contributed by atoms with van der Waals surface area (Å²) in [5.74, 6) is -1.61. The number of carbonyl (C=O) groups excluding carboxylic acids is 3. The van der Waals surface area contributed by atoms with Gasteiger partial charge in [-0.15, -0.1) is 11.8 Å². The topological polar surface area (TPSA) is 75.7 Å². The number of hydrogen-bond donors (Lipinski definition) is 1. The third-order valence-corrected chi connectivity index (χ3v) is 5.11. The van der Waals surface area contributed by atoms with Crippen LogP contribution in [0.25, 0.3) is 0 Å². The number of anilines is 1. The highest BCUT2D eigenvalue weighted by atomic mass is 32.2. The number of carbonyl (C=O) groups is 3. The molecule has 0 radical (unpaired) electrons. The maximum atomic E-state index is 13.6. The van der Waals surface area contributed by atoms with Crippen LogP contribution in [0.2, 0.25) is 0 Å². The summed E-state index contributed by atoms with van der Waals surface area (Å²) in [4.78, 5) is 38.7. The molecule has 0 aromatic heterocycles. The van der Waals surface area contributed by atoms with Crippen molar-refractivity contribution >= 4 is 35.2 Å². The van der Waals surface area contributed by atoms with E-state index in [4.69, 9.17) is 4.74 Å². The number of nitrogens with zero attached hydrogens (tertiary/aromatic N) is 1. The van der Waals surface area contributed by atoms with Gasteiger partial charge in [-0.3, -0.25) is 9.59 Å². The minimum absolute atomic E-state index is 0.0868. The van der Waals surface area contributed by atoms with E-state index in [0.29, 0.717) is 10.5 Å². The fourth-order valence-corrected chi connectivity index (χ4v) is 3.24. The standard InChI is InChI=1S/C21H23FN2O4S/c1-13-9-10-15(11-17(13)22)23-20(26)14(2)28-21(27)16-7-5-6-8-18(16)29-12-19(25)24(3)4/h5-11,14H,12H2,1-4H3,(H,23,26)/t14-/m1/s1. The minimum Gasteiger partial charge on any atom is -0.449 e. The monoisotopic (exact) mass is 418 g/mol. The molecule has 0 fully saturated rings. The second-order valence-corrected chi connectivity index (χ2v) is 7.59. The largest absolute Gasteiger partial charge is 0.449 e. The zero-order valence-corrected chi connectivity index (χ0v) is 17.5. The molecule has 2 amide bonds. The van der Waals surface area contributed by atoms with Crippen LogP contribution < -0.4 is 5.32 Å². The Balaban J connectivity index is 2.02. The highest BCUT2D eigenvalue weighted by Crippen LogP contribution is 2.24. The molecular weight excluding hydrogens is 395 g/mol. The van der Waals surface area contributed by atoms with E-state index in [2.05, 4.69) is 5.32 Å². The van der Waals surface area contributed by atoms with E-state index >= 15 is 0 Å². The first-order chi connectivity index (χ1) is 13.7. The van der Waals surface area contributed by atoms with Gasteiger partial charge in [-0.05, 0) is 43.7 Å². The van der Waals surface area contributed by atoms with Crippen LogP contribution in [0.4, 0.5) is 10.1 Å². The number of benzene rings is 2. The Morgan fingerprint density at radius 3 is 2.52 bits per heavy atom. The number of ether oxygens (including phenoxy) is 1. The Bertz CT molecular complexity index is 917. The molecule has 0 spiro atoms.